The van der Waals surface area contributed by atoms with Gasteiger partial charge in [0.1, 0.15) is 5.72 Å². The lowest BCUT2D eigenvalue weighted by Gasteiger charge is -1.87. The molecule has 0 aliphatic rings. The number of aromatic nitrogens is 5. The Balaban J connectivity index is 2.62. The summed E-state index contributed by atoms with van der Waals surface area (Å²) in [5, 5.41) is 24.6. The van der Waals surface area contributed by atoms with Crippen LogP contribution in [0, 0.1) is 0 Å². The molecule has 0 unspecified atom stereocenters. The van der Waals surface area contributed by atoms with Crippen LogP contribution in [0.2, 0.25) is 0 Å². The highest BCUT2D eigenvalue weighted by atomic mass is 16.4. The maximum absolute atomic E-state index is 8.75. The van der Waals surface area contributed by atoms with Crippen molar-refractivity contribution in [1.29, 1.82) is 0 Å². The fraction of sp³-hybridized carbons (Fsp3) is 0. The largest absolute Gasteiger partial charge is 0.526 e. The number of H-pyrrole nitrogens is 1. The number of hydrogen-bond donors (Lipinski definition) is 4. The average molecular weight is 180 g/mol. The molecule has 0 aliphatic heterocycles. The van der Waals surface area contributed by atoms with Gasteiger partial charge in [0.2, 0.25) is 11.6 Å². The topological polar surface area (TPSA) is 134 Å². The predicted octanol–water partition coefficient (Wildman–Crippen LogP) is -2.99. The third-order valence-corrected chi connectivity index (χ3v) is 1.40. The summed E-state index contributed by atoms with van der Waals surface area (Å²) in [6.07, 6.45) is 0. The molecule has 0 aliphatic carbocycles. The van der Waals surface area contributed by atoms with Gasteiger partial charge in [0.05, 0.1) is 0 Å². The van der Waals surface area contributed by atoms with Crippen molar-refractivity contribution in [3.05, 3.63) is 0 Å². The molecule has 2 heterocycles. The molecule has 8 nitrogen and oxygen atoms in total. The molecule has 9 heteroatoms. The Morgan fingerprint density at radius 2 is 2.00 bits per heavy atom. The van der Waals surface area contributed by atoms with Gasteiger partial charge in [-0.1, -0.05) is 0 Å². The third kappa shape index (κ3) is 1.30. The summed E-state index contributed by atoms with van der Waals surface area (Å²) in [7, 11) is -1.68. The van der Waals surface area contributed by atoms with E-state index in [1.54, 1.807) is 0 Å². The molecule has 0 atom stereocenters. The molecule has 13 heavy (non-hydrogen) atoms. The average Bonchev–Trinajstić information content (AvgIpc) is 2.46. The van der Waals surface area contributed by atoms with Gasteiger partial charge in [-0.25, -0.2) is 4.98 Å². The normalized spacial score (nSPS) is 10.6. The van der Waals surface area contributed by atoms with Crippen LogP contribution in [0.4, 0.5) is 5.95 Å². The minimum Gasteiger partial charge on any atom is -0.421 e. The number of aromatic amines is 1. The zero-order valence-electron chi connectivity index (χ0n) is 6.34. The van der Waals surface area contributed by atoms with Crippen molar-refractivity contribution in [3.63, 3.8) is 0 Å². The number of nitrogens with zero attached hydrogens (tertiary/aromatic N) is 4. The van der Waals surface area contributed by atoms with E-state index in [2.05, 4.69) is 25.1 Å². The zero-order chi connectivity index (χ0) is 9.42. The molecular formula is C4H5BN6O2. The van der Waals surface area contributed by atoms with Gasteiger partial charge in [0.15, 0.2) is 5.65 Å². The van der Waals surface area contributed by atoms with E-state index in [1.807, 2.05) is 0 Å². The first kappa shape index (κ1) is 7.89. The summed E-state index contributed by atoms with van der Waals surface area (Å²) in [6, 6.07) is 0. The summed E-state index contributed by atoms with van der Waals surface area (Å²) in [5.41, 5.74) is 5.67. The van der Waals surface area contributed by atoms with E-state index in [4.69, 9.17) is 15.8 Å². The summed E-state index contributed by atoms with van der Waals surface area (Å²) >= 11 is 0. The Morgan fingerprint density at radius 3 is 2.69 bits per heavy atom. The standard InChI is InChI=1S/C4H5BN6O2/c6-4-9-1-2(10-11-4)8-3(7-1)5(12)13/h12-13H,(H3,6,7,8,9,10,11). The van der Waals surface area contributed by atoms with Gasteiger partial charge in [-0.3, -0.25) is 0 Å². The van der Waals surface area contributed by atoms with E-state index in [1.165, 1.54) is 0 Å². The zero-order valence-corrected chi connectivity index (χ0v) is 6.34. The second-order valence-corrected chi connectivity index (χ2v) is 2.34. The van der Waals surface area contributed by atoms with Crippen molar-refractivity contribution < 1.29 is 10.0 Å². The van der Waals surface area contributed by atoms with E-state index in [9.17, 15) is 0 Å². The lowest BCUT2D eigenvalue weighted by molar-refractivity contribution is 0.423. The van der Waals surface area contributed by atoms with Crippen molar-refractivity contribution in [1.82, 2.24) is 25.1 Å². The lowest BCUT2D eigenvalue weighted by atomic mass is 9.91. The van der Waals surface area contributed by atoms with Crippen LogP contribution in [0.3, 0.4) is 0 Å². The van der Waals surface area contributed by atoms with Crippen LogP contribution in [-0.4, -0.2) is 42.3 Å². The Kier molecular flexibility index (Phi) is 1.60. The predicted molar refractivity (Wildman–Crippen MR) is 43.7 cm³/mol. The van der Waals surface area contributed by atoms with Crippen LogP contribution in [0.5, 0.6) is 0 Å². The highest BCUT2D eigenvalue weighted by Crippen LogP contribution is 1.99. The fourth-order valence-electron chi connectivity index (χ4n) is 0.874. The van der Waals surface area contributed by atoms with E-state index < -0.39 is 7.12 Å². The lowest BCUT2D eigenvalue weighted by Crippen LogP contribution is -2.33. The molecule has 5 N–H and O–H groups in total. The molecule has 2 rings (SSSR count). The van der Waals surface area contributed by atoms with Crippen molar-refractivity contribution in [3.8, 4) is 0 Å². The van der Waals surface area contributed by atoms with Gasteiger partial charge in [-0.2, -0.15) is 4.98 Å². The molecule has 0 saturated heterocycles. The molecular weight excluding hydrogens is 175 g/mol. The van der Waals surface area contributed by atoms with Gasteiger partial charge in [-0.15, -0.1) is 10.2 Å². The Labute approximate surface area is 72.0 Å². The summed E-state index contributed by atoms with van der Waals surface area (Å²) < 4.78 is 0. The van der Waals surface area contributed by atoms with Gasteiger partial charge >= 0.3 is 7.12 Å². The number of anilines is 1. The van der Waals surface area contributed by atoms with Crippen molar-refractivity contribution in [2.45, 2.75) is 0 Å². The second-order valence-electron chi connectivity index (χ2n) is 2.34. The molecule has 2 aromatic heterocycles. The highest BCUT2D eigenvalue weighted by Gasteiger charge is 2.17. The second kappa shape index (κ2) is 2.64. The Bertz CT molecular complexity index is 441. The molecule has 66 valence electrons. The van der Waals surface area contributed by atoms with Crippen LogP contribution in [0.15, 0.2) is 0 Å². The van der Waals surface area contributed by atoms with E-state index in [-0.39, 0.29) is 23.0 Å². The number of nitrogens with one attached hydrogen (secondary N) is 1. The number of nitrogen functional groups attached to an aromatic ring is 1. The van der Waals surface area contributed by atoms with Crippen molar-refractivity contribution in [2.24, 2.45) is 0 Å². The molecule has 0 bridgehead atoms. The monoisotopic (exact) mass is 180 g/mol. The SMILES string of the molecule is Nc1nnc2[nH]c(B(O)O)nc2n1. The van der Waals surface area contributed by atoms with Crippen LogP contribution in [0.1, 0.15) is 0 Å². The minimum absolute atomic E-state index is 0.0158. The molecule has 0 fully saturated rings. The molecule has 0 amide bonds. The van der Waals surface area contributed by atoms with Crippen LogP contribution in [0.25, 0.3) is 11.3 Å². The fourth-order valence-corrected chi connectivity index (χ4v) is 0.874. The number of imidazole rings is 1. The van der Waals surface area contributed by atoms with Gasteiger partial charge in [0, 0.05) is 0 Å². The third-order valence-electron chi connectivity index (χ3n) is 1.40. The molecule has 0 aromatic carbocycles. The van der Waals surface area contributed by atoms with E-state index in [0.29, 0.717) is 0 Å². The number of hydrogen-bond acceptors (Lipinski definition) is 7. The van der Waals surface area contributed by atoms with Gasteiger partial charge in [-0.05, 0) is 0 Å². The molecule has 0 saturated carbocycles. The summed E-state index contributed by atoms with van der Waals surface area (Å²) in [4.78, 5) is 9.96. The van der Waals surface area contributed by atoms with Crippen LogP contribution < -0.4 is 11.5 Å². The first-order valence-electron chi connectivity index (χ1n) is 3.39. The molecule has 2 aromatic rings. The highest BCUT2D eigenvalue weighted by molar-refractivity contribution is 6.56. The van der Waals surface area contributed by atoms with Crippen LogP contribution in [-0.2, 0) is 0 Å². The number of nitrogens with two attached hydrogens (primary N) is 1. The minimum atomic E-state index is -1.68. The number of fused-ring (bicyclic) bond motifs is 1. The van der Waals surface area contributed by atoms with Crippen molar-refractivity contribution in [2.75, 3.05) is 5.73 Å². The Morgan fingerprint density at radius 1 is 1.23 bits per heavy atom. The van der Waals surface area contributed by atoms with E-state index >= 15 is 0 Å². The Hall–Kier alpha value is -1.74. The molecule has 0 spiro atoms. The maximum Gasteiger partial charge on any atom is 0.526 e. The summed E-state index contributed by atoms with van der Waals surface area (Å²) in [6.45, 7) is 0. The van der Waals surface area contributed by atoms with Gasteiger partial charge < -0.3 is 20.8 Å². The van der Waals surface area contributed by atoms with Gasteiger partial charge in [0.25, 0.3) is 0 Å². The first-order chi connectivity index (χ1) is 6.16. The number of rotatable bonds is 1. The van der Waals surface area contributed by atoms with E-state index in [0.717, 1.165) is 0 Å². The summed E-state index contributed by atoms with van der Waals surface area (Å²) in [5.74, 6) is -0.0158. The quantitative estimate of drug-likeness (QED) is 0.343. The molecule has 0 radical (unpaired) electrons. The van der Waals surface area contributed by atoms with Crippen molar-refractivity contribution >= 4 is 30.1 Å². The first-order valence-corrected chi connectivity index (χ1v) is 3.39. The smallest absolute Gasteiger partial charge is 0.421 e. The maximum atomic E-state index is 8.75. The van der Waals surface area contributed by atoms with Crippen LogP contribution >= 0.6 is 0 Å².